The van der Waals surface area contributed by atoms with Gasteiger partial charge in [-0.15, -0.1) is 5.10 Å². The summed E-state index contributed by atoms with van der Waals surface area (Å²) < 4.78 is 1.63. The molecule has 2 N–H and O–H groups in total. The molecule has 0 fully saturated rings. The Morgan fingerprint density at radius 2 is 1.97 bits per heavy atom. The number of nitrogens with one attached hydrogen (secondary N) is 1. The summed E-state index contributed by atoms with van der Waals surface area (Å²) in [6.45, 7) is 7.56. The van der Waals surface area contributed by atoms with Gasteiger partial charge in [0.25, 0.3) is 5.91 Å². The van der Waals surface area contributed by atoms with Crippen LogP contribution >= 0.6 is 11.6 Å². The minimum absolute atomic E-state index is 0.100. The van der Waals surface area contributed by atoms with E-state index in [1.807, 2.05) is 45.0 Å². The average Bonchev–Trinajstić information content (AvgIpc) is 3.17. The van der Waals surface area contributed by atoms with Crippen molar-refractivity contribution in [1.82, 2.24) is 25.5 Å². The van der Waals surface area contributed by atoms with Gasteiger partial charge in [0.2, 0.25) is 0 Å². The highest BCUT2D eigenvalue weighted by molar-refractivity contribution is 6.33. The Hall–Kier alpha value is -2.77. The summed E-state index contributed by atoms with van der Waals surface area (Å²) in [6.07, 6.45) is 0. The number of benzene rings is 2. The van der Waals surface area contributed by atoms with Crippen molar-refractivity contribution in [2.24, 2.45) is 0 Å². The third-order valence-electron chi connectivity index (χ3n) is 4.52. The van der Waals surface area contributed by atoms with Crippen molar-refractivity contribution in [3.05, 3.63) is 58.4 Å². The zero-order valence-corrected chi connectivity index (χ0v) is 17.6. The standard InChI is InChI=1S/C21H24ClN5O2/c1-12(2)20-24-25-26-27(20)17-9-15(18-6-5-13(3)7-19(18)22)8-16(10-17)21(29)23-14(4)11-28/h5-10,12,14,28H,11H2,1-4H3,(H,23,29). The Balaban J connectivity index is 2.16. The van der Waals surface area contributed by atoms with Gasteiger partial charge in [-0.3, -0.25) is 4.79 Å². The molecule has 1 heterocycles. The van der Waals surface area contributed by atoms with Gasteiger partial charge in [0.15, 0.2) is 5.82 Å². The number of aryl methyl sites for hydroxylation is 1. The molecule has 0 saturated carbocycles. The summed E-state index contributed by atoms with van der Waals surface area (Å²) in [7, 11) is 0. The molecule has 3 aromatic rings. The number of nitrogens with zero attached hydrogens (tertiary/aromatic N) is 4. The van der Waals surface area contributed by atoms with Crippen molar-refractivity contribution in [1.29, 1.82) is 0 Å². The molecule has 152 valence electrons. The fourth-order valence-electron chi connectivity index (χ4n) is 2.97. The van der Waals surface area contributed by atoms with Crippen LogP contribution < -0.4 is 5.32 Å². The summed E-state index contributed by atoms with van der Waals surface area (Å²) in [5.74, 6) is 0.493. The summed E-state index contributed by atoms with van der Waals surface area (Å²) in [5.41, 5.74) is 3.73. The number of halogens is 1. The number of hydrogen-bond donors (Lipinski definition) is 2. The van der Waals surface area contributed by atoms with Gasteiger partial charge in [0.1, 0.15) is 0 Å². The Kier molecular flexibility index (Phi) is 6.30. The minimum Gasteiger partial charge on any atom is -0.394 e. The Morgan fingerprint density at radius 1 is 1.21 bits per heavy atom. The second-order valence-electron chi connectivity index (χ2n) is 7.41. The van der Waals surface area contributed by atoms with E-state index in [1.165, 1.54) is 0 Å². The van der Waals surface area contributed by atoms with Gasteiger partial charge in [-0.1, -0.05) is 37.6 Å². The lowest BCUT2D eigenvalue weighted by molar-refractivity contribution is 0.0922. The van der Waals surface area contributed by atoms with E-state index in [0.717, 1.165) is 16.7 Å². The van der Waals surface area contributed by atoms with E-state index >= 15 is 0 Å². The van der Waals surface area contributed by atoms with E-state index in [9.17, 15) is 9.90 Å². The lowest BCUT2D eigenvalue weighted by Gasteiger charge is -2.15. The molecule has 0 aliphatic carbocycles. The van der Waals surface area contributed by atoms with E-state index < -0.39 is 0 Å². The molecule has 1 atom stereocenters. The van der Waals surface area contributed by atoms with Crippen molar-refractivity contribution < 1.29 is 9.90 Å². The molecule has 0 bridgehead atoms. The summed E-state index contributed by atoms with van der Waals surface area (Å²) in [6, 6.07) is 10.8. The van der Waals surface area contributed by atoms with Crippen LogP contribution in [0.15, 0.2) is 36.4 Å². The van der Waals surface area contributed by atoms with Crippen LogP contribution in [0.25, 0.3) is 16.8 Å². The Morgan fingerprint density at radius 3 is 2.62 bits per heavy atom. The summed E-state index contributed by atoms with van der Waals surface area (Å²) >= 11 is 6.48. The predicted molar refractivity (Wildman–Crippen MR) is 112 cm³/mol. The zero-order valence-electron chi connectivity index (χ0n) is 16.8. The first-order chi connectivity index (χ1) is 13.8. The maximum Gasteiger partial charge on any atom is 0.251 e. The van der Waals surface area contributed by atoms with Crippen LogP contribution in [-0.2, 0) is 0 Å². The van der Waals surface area contributed by atoms with Crippen LogP contribution in [-0.4, -0.2) is 43.9 Å². The summed E-state index contributed by atoms with van der Waals surface area (Å²) in [5, 5.41) is 24.6. The fraction of sp³-hybridized carbons (Fsp3) is 0.333. The predicted octanol–water partition coefficient (Wildman–Crippen LogP) is 3.53. The molecule has 2 aromatic carbocycles. The van der Waals surface area contributed by atoms with E-state index in [1.54, 1.807) is 23.7 Å². The zero-order chi connectivity index (χ0) is 21.1. The molecule has 8 heteroatoms. The number of tetrazole rings is 1. The number of hydrogen-bond acceptors (Lipinski definition) is 5. The van der Waals surface area contributed by atoms with Gasteiger partial charge in [0.05, 0.1) is 12.3 Å². The number of carbonyl (C=O) groups is 1. The number of rotatable bonds is 6. The van der Waals surface area contributed by atoms with Crippen LogP contribution in [0, 0.1) is 6.92 Å². The van der Waals surface area contributed by atoms with Gasteiger partial charge in [-0.05, 0) is 59.7 Å². The topological polar surface area (TPSA) is 92.9 Å². The molecule has 0 radical (unpaired) electrons. The molecule has 1 unspecified atom stereocenters. The van der Waals surface area contributed by atoms with Crippen molar-refractivity contribution in [3.63, 3.8) is 0 Å². The van der Waals surface area contributed by atoms with Crippen LogP contribution in [0.5, 0.6) is 0 Å². The third-order valence-corrected chi connectivity index (χ3v) is 4.83. The maximum absolute atomic E-state index is 12.8. The first-order valence-corrected chi connectivity index (χ1v) is 9.80. The third kappa shape index (κ3) is 4.63. The second kappa shape index (κ2) is 8.71. The largest absolute Gasteiger partial charge is 0.394 e. The molecule has 29 heavy (non-hydrogen) atoms. The smallest absolute Gasteiger partial charge is 0.251 e. The fourth-order valence-corrected chi connectivity index (χ4v) is 3.31. The van der Waals surface area contributed by atoms with E-state index in [0.29, 0.717) is 22.1 Å². The summed E-state index contributed by atoms with van der Waals surface area (Å²) in [4.78, 5) is 12.8. The molecule has 1 amide bonds. The quantitative estimate of drug-likeness (QED) is 0.644. The van der Waals surface area contributed by atoms with Crippen molar-refractivity contribution >= 4 is 17.5 Å². The van der Waals surface area contributed by atoms with Gasteiger partial charge in [-0.2, -0.15) is 4.68 Å². The number of aromatic nitrogens is 4. The molecular weight excluding hydrogens is 390 g/mol. The first kappa shape index (κ1) is 21.0. The van der Waals surface area contributed by atoms with Crippen molar-refractivity contribution in [3.8, 4) is 16.8 Å². The van der Waals surface area contributed by atoms with Gasteiger partial charge >= 0.3 is 0 Å². The normalized spacial score (nSPS) is 12.2. The highest BCUT2D eigenvalue weighted by atomic mass is 35.5. The van der Waals surface area contributed by atoms with Gasteiger partial charge < -0.3 is 10.4 Å². The molecule has 0 aliphatic heterocycles. The Bertz CT molecular complexity index is 1030. The maximum atomic E-state index is 12.8. The molecule has 1 aromatic heterocycles. The molecule has 7 nitrogen and oxygen atoms in total. The molecule has 0 aliphatic rings. The first-order valence-electron chi connectivity index (χ1n) is 9.42. The highest BCUT2D eigenvalue weighted by Crippen LogP contribution is 2.31. The lowest BCUT2D eigenvalue weighted by Crippen LogP contribution is -2.35. The van der Waals surface area contributed by atoms with E-state index in [-0.39, 0.29) is 24.5 Å². The number of aliphatic hydroxyl groups excluding tert-OH is 1. The Labute approximate surface area is 174 Å². The molecular formula is C21H24ClN5O2. The molecule has 0 saturated heterocycles. The number of carbonyl (C=O) groups excluding carboxylic acids is 1. The van der Waals surface area contributed by atoms with Crippen LogP contribution in [0.2, 0.25) is 5.02 Å². The van der Waals surface area contributed by atoms with Crippen molar-refractivity contribution in [2.75, 3.05) is 6.61 Å². The van der Waals surface area contributed by atoms with Gasteiger partial charge in [0, 0.05) is 28.1 Å². The number of aliphatic hydroxyl groups is 1. The van der Waals surface area contributed by atoms with Crippen LogP contribution in [0.1, 0.15) is 48.4 Å². The number of amides is 1. The average molecular weight is 414 g/mol. The van der Waals surface area contributed by atoms with Gasteiger partial charge in [-0.25, -0.2) is 0 Å². The van der Waals surface area contributed by atoms with E-state index in [4.69, 9.17) is 11.6 Å². The van der Waals surface area contributed by atoms with Crippen LogP contribution in [0.3, 0.4) is 0 Å². The monoisotopic (exact) mass is 413 g/mol. The molecule has 3 rings (SSSR count). The highest BCUT2D eigenvalue weighted by Gasteiger charge is 2.18. The van der Waals surface area contributed by atoms with E-state index in [2.05, 4.69) is 20.8 Å². The minimum atomic E-state index is -0.364. The SMILES string of the molecule is Cc1ccc(-c2cc(C(=O)NC(C)CO)cc(-n3nnnc3C(C)C)c2)c(Cl)c1. The van der Waals surface area contributed by atoms with Crippen LogP contribution in [0.4, 0.5) is 0 Å². The lowest BCUT2D eigenvalue weighted by atomic mass is 10.00. The second-order valence-corrected chi connectivity index (χ2v) is 7.82. The molecule has 0 spiro atoms. The van der Waals surface area contributed by atoms with Crippen molar-refractivity contribution in [2.45, 2.75) is 39.7 Å².